The number of rotatable bonds is 2. The average molecular weight is 262 g/mol. The molecule has 2 unspecified atom stereocenters. The van der Waals surface area contributed by atoms with E-state index in [1.54, 1.807) is 0 Å². The van der Waals surface area contributed by atoms with Crippen molar-refractivity contribution in [2.24, 2.45) is 0 Å². The van der Waals surface area contributed by atoms with E-state index in [1.807, 2.05) is 30.3 Å². The summed E-state index contributed by atoms with van der Waals surface area (Å²) in [6.45, 7) is 3.72. The Morgan fingerprint density at radius 1 is 1.06 bits per heavy atom. The molecule has 0 amide bonds. The minimum Gasteiger partial charge on any atom is -0.479 e. The van der Waals surface area contributed by atoms with Gasteiger partial charge in [0.2, 0.25) is 0 Å². The molecule has 2 N–H and O–H groups in total. The summed E-state index contributed by atoms with van der Waals surface area (Å²) in [7, 11) is 0. The number of ether oxygens (including phenoxy) is 1. The van der Waals surface area contributed by atoms with Crippen LogP contribution in [0, 0.1) is 6.92 Å². The van der Waals surface area contributed by atoms with Crippen LogP contribution in [0.2, 0.25) is 0 Å². The van der Waals surface area contributed by atoms with Gasteiger partial charge in [-0.1, -0.05) is 6.07 Å². The van der Waals surface area contributed by atoms with Gasteiger partial charge in [0, 0.05) is 0 Å². The third-order valence-electron chi connectivity index (χ3n) is 1.82. The summed E-state index contributed by atoms with van der Waals surface area (Å²) in [6.07, 6.45) is -2.25. The van der Waals surface area contributed by atoms with E-state index in [0.29, 0.717) is 0 Å². The van der Waals surface area contributed by atoms with Crippen LogP contribution >= 0.6 is 0 Å². The van der Waals surface area contributed by atoms with Gasteiger partial charge in [0.1, 0.15) is 0 Å². The van der Waals surface area contributed by atoms with E-state index in [1.165, 1.54) is 0 Å². The van der Waals surface area contributed by atoms with Crippen molar-refractivity contribution >= 4 is 11.9 Å². The number of epoxide rings is 1. The van der Waals surface area contributed by atoms with Crippen LogP contribution in [-0.4, -0.2) is 34.4 Å². The van der Waals surface area contributed by atoms with Gasteiger partial charge in [0.15, 0.2) is 12.2 Å². The summed E-state index contributed by atoms with van der Waals surface area (Å²) < 4.78 is 4.24. The topological polar surface area (TPSA) is 87.1 Å². The molecule has 1 fully saturated rings. The van der Waals surface area contributed by atoms with Crippen LogP contribution in [0.4, 0.5) is 0 Å². The molecule has 6 heteroatoms. The van der Waals surface area contributed by atoms with Crippen molar-refractivity contribution in [1.29, 1.82) is 0 Å². The molecule has 1 aromatic rings. The van der Waals surface area contributed by atoms with E-state index in [2.05, 4.69) is 11.7 Å². The van der Waals surface area contributed by atoms with Crippen molar-refractivity contribution in [2.75, 3.05) is 0 Å². The molecule has 0 spiro atoms. The second-order valence-electron chi connectivity index (χ2n) is 3.14. The Kier molecular flexibility index (Phi) is 7.68. The minimum atomic E-state index is -1.22. The summed E-state index contributed by atoms with van der Waals surface area (Å²) >= 11 is 0. The van der Waals surface area contributed by atoms with Crippen LogP contribution in [0.1, 0.15) is 5.56 Å². The Hall–Kier alpha value is -0.374. The van der Waals surface area contributed by atoms with Gasteiger partial charge < -0.3 is 14.9 Å². The summed E-state index contributed by atoms with van der Waals surface area (Å²) in [5, 5.41) is 16.2. The molecule has 0 aliphatic carbocycles. The van der Waals surface area contributed by atoms with Gasteiger partial charge in [-0.05, 0) is 0 Å². The monoisotopic (exact) mass is 262 g/mol. The minimum absolute atomic E-state index is 0. The normalized spacial score (nSPS) is 20.2. The number of carboxylic acids is 2. The van der Waals surface area contributed by atoms with Crippen LogP contribution in [0.25, 0.3) is 0 Å². The molecule has 1 aliphatic heterocycles. The molecular formula is C11H11KO5. The maximum Gasteiger partial charge on any atom is 1.00 e. The molecule has 0 bridgehead atoms. The molecule has 1 aromatic carbocycles. The van der Waals surface area contributed by atoms with E-state index in [9.17, 15) is 9.59 Å². The number of benzene rings is 1. The molecule has 5 nitrogen and oxygen atoms in total. The van der Waals surface area contributed by atoms with Crippen molar-refractivity contribution in [2.45, 2.75) is 12.2 Å². The molecule has 17 heavy (non-hydrogen) atoms. The first kappa shape index (κ1) is 16.6. The van der Waals surface area contributed by atoms with Gasteiger partial charge in [-0.2, -0.15) is 24.6 Å². The fraction of sp³-hybridized carbons (Fsp3) is 0.182. The Labute approximate surface area is 141 Å². The van der Waals surface area contributed by atoms with Gasteiger partial charge >= 0.3 is 63.3 Å². The molecule has 1 heterocycles. The first-order chi connectivity index (χ1) is 7.52. The molecule has 2 rings (SSSR count). The second kappa shape index (κ2) is 7.86. The zero-order chi connectivity index (χ0) is 12.1. The fourth-order valence-electron chi connectivity index (χ4n) is 0.966. The third-order valence-corrected chi connectivity index (χ3v) is 1.82. The van der Waals surface area contributed by atoms with Crippen molar-refractivity contribution in [3.05, 3.63) is 42.8 Å². The first-order valence-electron chi connectivity index (χ1n) is 4.50. The van der Waals surface area contributed by atoms with Crippen LogP contribution < -0.4 is 51.4 Å². The van der Waals surface area contributed by atoms with Crippen LogP contribution in [0.5, 0.6) is 0 Å². The van der Waals surface area contributed by atoms with Crippen molar-refractivity contribution in [3.8, 4) is 0 Å². The molecular weight excluding hydrogens is 251 g/mol. The van der Waals surface area contributed by atoms with Crippen LogP contribution in [0.3, 0.4) is 0 Å². The van der Waals surface area contributed by atoms with Gasteiger partial charge in [-0.25, -0.2) is 9.59 Å². The largest absolute Gasteiger partial charge is 1.00 e. The average Bonchev–Trinajstić information content (AvgIpc) is 2.99. The van der Waals surface area contributed by atoms with Crippen molar-refractivity contribution in [1.82, 2.24) is 0 Å². The zero-order valence-corrected chi connectivity index (χ0v) is 12.5. The Morgan fingerprint density at radius 2 is 1.47 bits per heavy atom. The molecule has 86 valence electrons. The standard InChI is InChI=1S/C7H7.C4H4O5.K/c1-7-5-3-2-4-6-7;5-3(6)1-2(9-1)4(7)8;/h2-6H,1H2;1-2H,(H,5,6)(H,7,8);/q-1;;+1. The predicted octanol–water partition coefficient (Wildman–Crippen LogP) is -2.20. The van der Waals surface area contributed by atoms with Gasteiger partial charge in [0.25, 0.3) is 0 Å². The Morgan fingerprint density at radius 3 is 1.65 bits per heavy atom. The number of hydrogen-bond acceptors (Lipinski definition) is 3. The van der Waals surface area contributed by atoms with E-state index in [0.717, 1.165) is 5.56 Å². The van der Waals surface area contributed by atoms with Gasteiger partial charge in [-0.3, -0.25) is 0 Å². The predicted molar refractivity (Wildman–Crippen MR) is 54.8 cm³/mol. The second-order valence-corrected chi connectivity index (χ2v) is 3.14. The van der Waals surface area contributed by atoms with E-state index in [4.69, 9.17) is 10.2 Å². The third kappa shape index (κ3) is 6.20. The summed E-state index contributed by atoms with van der Waals surface area (Å²) in [5.74, 6) is -2.44. The van der Waals surface area contributed by atoms with Crippen LogP contribution in [0.15, 0.2) is 30.3 Å². The first-order valence-corrected chi connectivity index (χ1v) is 4.50. The Balaban J connectivity index is 0.000000292. The maximum absolute atomic E-state index is 9.89. The van der Waals surface area contributed by atoms with Crippen LogP contribution in [-0.2, 0) is 14.3 Å². The summed E-state index contributed by atoms with van der Waals surface area (Å²) in [5.41, 5.74) is 1.07. The molecule has 1 aliphatic rings. The number of hydrogen-bond donors (Lipinski definition) is 2. The zero-order valence-electron chi connectivity index (χ0n) is 9.37. The molecule has 1 saturated heterocycles. The fourth-order valence-corrected chi connectivity index (χ4v) is 0.966. The van der Waals surface area contributed by atoms with E-state index in [-0.39, 0.29) is 51.4 Å². The quantitative estimate of drug-likeness (QED) is 0.359. The van der Waals surface area contributed by atoms with Gasteiger partial charge in [0.05, 0.1) is 0 Å². The van der Waals surface area contributed by atoms with Crippen molar-refractivity contribution in [3.63, 3.8) is 0 Å². The molecule has 2 atom stereocenters. The molecule has 0 aromatic heterocycles. The SMILES string of the molecule is O=C(O)C1OC1C(=O)O.[CH2-]c1ccccc1.[K+]. The summed E-state index contributed by atoms with van der Waals surface area (Å²) in [4.78, 5) is 19.8. The molecule has 0 saturated carbocycles. The van der Waals surface area contributed by atoms with E-state index < -0.39 is 24.1 Å². The number of carboxylic acid groups (broad SMARTS) is 2. The van der Waals surface area contributed by atoms with Gasteiger partial charge in [-0.15, -0.1) is 12.1 Å². The maximum atomic E-state index is 9.89. The van der Waals surface area contributed by atoms with E-state index >= 15 is 0 Å². The molecule has 0 radical (unpaired) electrons. The number of aliphatic carboxylic acids is 2. The van der Waals surface area contributed by atoms with Crippen molar-refractivity contribution < 1.29 is 75.9 Å². The Bertz CT molecular complexity index is 361. The number of carbonyl (C=O) groups is 2. The summed E-state index contributed by atoms with van der Waals surface area (Å²) in [6, 6.07) is 9.87. The smallest absolute Gasteiger partial charge is 0.479 e.